The van der Waals surface area contributed by atoms with Crippen LogP contribution in [0.15, 0.2) is 0 Å². The topological polar surface area (TPSA) is 26.3 Å². The van der Waals surface area contributed by atoms with E-state index >= 15 is 0 Å². The van der Waals surface area contributed by atoms with E-state index in [1.807, 2.05) is 0 Å². The molecule has 0 spiro atoms. The number of rotatable bonds is 5. The van der Waals surface area contributed by atoms with Crippen LogP contribution < -0.4 is 0 Å². The SMILES string of the molecule is CCC1(OC(=O)CCC2CC3CC2C(C)C3C)CC2CCC1C2. The van der Waals surface area contributed by atoms with Crippen LogP contribution in [0.1, 0.15) is 78.6 Å². The number of hydrogen-bond acceptors (Lipinski definition) is 2. The van der Waals surface area contributed by atoms with Gasteiger partial charge in [-0.15, -0.1) is 0 Å². The molecule has 4 bridgehead atoms. The molecule has 130 valence electrons. The van der Waals surface area contributed by atoms with Gasteiger partial charge in [0.05, 0.1) is 0 Å². The third-order valence-electron chi connectivity index (χ3n) is 8.59. The van der Waals surface area contributed by atoms with Gasteiger partial charge < -0.3 is 4.74 Å². The molecule has 0 aromatic heterocycles. The lowest BCUT2D eigenvalue weighted by atomic mass is 9.74. The Bertz CT molecular complexity index is 470. The van der Waals surface area contributed by atoms with Gasteiger partial charge in [-0.1, -0.05) is 20.8 Å². The maximum atomic E-state index is 12.5. The summed E-state index contributed by atoms with van der Waals surface area (Å²) in [6, 6.07) is 0. The molecule has 2 heteroatoms. The lowest BCUT2D eigenvalue weighted by Gasteiger charge is -2.37. The van der Waals surface area contributed by atoms with Gasteiger partial charge in [0.15, 0.2) is 0 Å². The molecule has 4 rings (SSSR count). The molecule has 2 nitrogen and oxygen atoms in total. The molecule has 0 aromatic carbocycles. The van der Waals surface area contributed by atoms with Crippen LogP contribution in [0, 0.1) is 41.4 Å². The van der Waals surface area contributed by atoms with Crippen LogP contribution >= 0.6 is 0 Å². The molecule has 8 atom stereocenters. The van der Waals surface area contributed by atoms with Gasteiger partial charge in [-0.3, -0.25) is 4.79 Å². The molecule has 0 N–H and O–H groups in total. The third-order valence-corrected chi connectivity index (χ3v) is 8.59. The monoisotopic (exact) mass is 318 g/mol. The maximum absolute atomic E-state index is 12.5. The standard InChI is InChI=1S/C21H34O2/c1-4-21(12-15-5-7-18(21)9-15)23-20(22)8-6-16-10-17-11-19(16)14(3)13(17)2/h13-19H,4-12H2,1-3H3. The van der Waals surface area contributed by atoms with Crippen molar-refractivity contribution in [2.24, 2.45) is 41.4 Å². The first-order valence-electron chi connectivity index (χ1n) is 10.2. The summed E-state index contributed by atoms with van der Waals surface area (Å²) in [5.74, 6) is 5.96. The molecule has 0 aliphatic heterocycles. The lowest BCUT2D eigenvalue weighted by Crippen LogP contribution is -2.40. The van der Waals surface area contributed by atoms with Crippen LogP contribution in [0.2, 0.25) is 0 Å². The fraction of sp³-hybridized carbons (Fsp3) is 0.952. The molecule has 8 unspecified atom stereocenters. The van der Waals surface area contributed by atoms with Crippen LogP contribution in [0.25, 0.3) is 0 Å². The Kier molecular flexibility index (Phi) is 4.01. The smallest absolute Gasteiger partial charge is 0.306 e. The van der Waals surface area contributed by atoms with E-state index in [0.29, 0.717) is 12.3 Å². The summed E-state index contributed by atoms with van der Waals surface area (Å²) in [4.78, 5) is 12.5. The van der Waals surface area contributed by atoms with E-state index in [-0.39, 0.29) is 11.6 Å². The molecule has 0 amide bonds. The average Bonchev–Trinajstić information content (AvgIpc) is 3.28. The highest BCUT2D eigenvalue weighted by Gasteiger charge is 2.53. The van der Waals surface area contributed by atoms with Gasteiger partial charge >= 0.3 is 5.97 Å². The van der Waals surface area contributed by atoms with Gasteiger partial charge in [0.2, 0.25) is 0 Å². The largest absolute Gasteiger partial charge is 0.459 e. The van der Waals surface area contributed by atoms with E-state index in [1.165, 1.54) is 32.1 Å². The van der Waals surface area contributed by atoms with Crippen molar-refractivity contribution in [3.63, 3.8) is 0 Å². The minimum absolute atomic E-state index is 0.0868. The lowest BCUT2D eigenvalue weighted by molar-refractivity contribution is -0.167. The Morgan fingerprint density at radius 1 is 1.13 bits per heavy atom. The number of ether oxygens (including phenoxy) is 1. The van der Waals surface area contributed by atoms with Crippen molar-refractivity contribution in [2.75, 3.05) is 0 Å². The third kappa shape index (κ3) is 2.55. The normalized spacial score (nSPS) is 50.7. The van der Waals surface area contributed by atoms with Crippen molar-refractivity contribution < 1.29 is 9.53 Å². The van der Waals surface area contributed by atoms with Crippen molar-refractivity contribution in [3.8, 4) is 0 Å². The van der Waals surface area contributed by atoms with Crippen molar-refractivity contribution in [1.82, 2.24) is 0 Å². The van der Waals surface area contributed by atoms with Crippen LogP contribution in [-0.4, -0.2) is 11.6 Å². The summed E-state index contributed by atoms with van der Waals surface area (Å²) in [5.41, 5.74) is -0.0868. The van der Waals surface area contributed by atoms with E-state index in [1.54, 1.807) is 0 Å². The number of fused-ring (bicyclic) bond motifs is 4. The zero-order chi connectivity index (χ0) is 16.2. The molecule has 4 aliphatic rings. The molecule has 0 heterocycles. The number of carbonyl (C=O) groups is 1. The summed E-state index contributed by atoms with van der Waals surface area (Å²) >= 11 is 0. The van der Waals surface area contributed by atoms with Crippen molar-refractivity contribution in [3.05, 3.63) is 0 Å². The summed E-state index contributed by atoms with van der Waals surface area (Å²) in [5, 5.41) is 0. The summed E-state index contributed by atoms with van der Waals surface area (Å²) in [6.07, 6.45) is 10.6. The minimum Gasteiger partial charge on any atom is -0.459 e. The fourth-order valence-electron chi connectivity index (χ4n) is 7.03. The summed E-state index contributed by atoms with van der Waals surface area (Å²) < 4.78 is 6.13. The molecule has 4 aliphatic carbocycles. The molecule has 23 heavy (non-hydrogen) atoms. The Balaban J connectivity index is 1.30. The fourth-order valence-corrected chi connectivity index (χ4v) is 7.03. The second kappa shape index (κ2) is 5.77. The molecular weight excluding hydrogens is 284 g/mol. The van der Waals surface area contributed by atoms with E-state index in [0.717, 1.165) is 54.8 Å². The Morgan fingerprint density at radius 3 is 2.52 bits per heavy atom. The predicted molar refractivity (Wildman–Crippen MR) is 91.8 cm³/mol. The minimum atomic E-state index is -0.0868. The van der Waals surface area contributed by atoms with Crippen LogP contribution in [0.3, 0.4) is 0 Å². The summed E-state index contributed by atoms with van der Waals surface area (Å²) in [7, 11) is 0. The number of hydrogen-bond donors (Lipinski definition) is 0. The first-order valence-corrected chi connectivity index (χ1v) is 10.2. The number of carbonyl (C=O) groups excluding carboxylic acids is 1. The first kappa shape index (κ1) is 16.0. The van der Waals surface area contributed by atoms with Crippen molar-refractivity contribution >= 4 is 5.97 Å². The quantitative estimate of drug-likeness (QED) is 0.651. The highest BCUT2D eigenvalue weighted by molar-refractivity contribution is 5.70. The van der Waals surface area contributed by atoms with Gasteiger partial charge in [0, 0.05) is 6.42 Å². The van der Waals surface area contributed by atoms with Crippen molar-refractivity contribution in [1.29, 1.82) is 0 Å². The zero-order valence-corrected chi connectivity index (χ0v) is 15.2. The van der Waals surface area contributed by atoms with Crippen LogP contribution in [-0.2, 0) is 9.53 Å². The van der Waals surface area contributed by atoms with E-state index in [9.17, 15) is 4.79 Å². The molecule has 0 saturated heterocycles. The maximum Gasteiger partial charge on any atom is 0.306 e. The van der Waals surface area contributed by atoms with Gasteiger partial charge in [-0.25, -0.2) is 0 Å². The van der Waals surface area contributed by atoms with Crippen LogP contribution in [0.5, 0.6) is 0 Å². The molecule has 0 radical (unpaired) electrons. The Labute approximate surface area is 141 Å². The van der Waals surface area contributed by atoms with Crippen molar-refractivity contribution in [2.45, 2.75) is 84.2 Å². The highest BCUT2D eigenvalue weighted by Crippen LogP contribution is 2.56. The molecule has 4 saturated carbocycles. The molecule has 0 aromatic rings. The van der Waals surface area contributed by atoms with Gasteiger partial charge in [0.1, 0.15) is 5.60 Å². The number of esters is 1. The van der Waals surface area contributed by atoms with Crippen LogP contribution in [0.4, 0.5) is 0 Å². The Morgan fingerprint density at radius 2 is 1.96 bits per heavy atom. The molecular formula is C21H34O2. The van der Waals surface area contributed by atoms with Gasteiger partial charge in [-0.2, -0.15) is 0 Å². The predicted octanol–water partition coefficient (Wildman–Crippen LogP) is 5.21. The second-order valence-corrected chi connectivity index (χ2v) is 9.38. The first-order chi connectivity index (χ1) is 11.0. The Hall–Kier alpha value is -0.530. The second-order valence-electron chi connectivity index (χ2n) is 9.38. The van der Waals surface area contributed by atoms with Gasteiger partial charge in [0.25, 0.3) is 0 Å². The van der Waals surface area contributed by atoms with E-state index in [4.69, 9.17) is 4.74 Å². The van der Waals surface area contributed by atoms with E-state index in [2.05, 4.69) is 20.8 Å². The summed E-state index contributed by atoms with van der Waals surface area (Å²) in [6.45, 7) is 7.08. The van der Waals surface area contributed by atoms with Gasteiger partial charge in [-0.05, 0) is 92.8 Å². The zero-order valence-electron chi connectivity index (χ0n) is 15.2. The van der Waals surface area contributed by atoms with E-state index < -0.39 is 0 Å². The molecule has 4 fully saturated rings. The highest BCUT2D eigenvalue weighted by atomic mass is 16.6. The average molecular weight is 319 g/mol.